The molecule has 0 radical (unpaired) electrons. The molecule has 0 saturated heterocycles. The Morgan fingerprint density at radius 1 is 1.33 bits per heavy atom. The van der Waals surface area contributed by atoms with Gasteiger partial charge in [0.05, 0.1) is 0 Å². The van der Waals surface area contributed by atoms with Crippen LogP contribution in [0.3, 0.4) is 0 Å². The number of hydrogen-bond donors (Lipinski definition) is 1. The molecule has 0 saturated carbocycles. The summed E-state index contributed by atoms with van der Waals surface area (Å²) < 4.78 is 4.95. The lowest BCUT2D eigenvalue weighted by Crippen LogP contribution is -2.25. The zero-order valence-corrected chi connectivity index (χ0v) is 11.3. The molecule has 3 nitrogen and oxygen atoms in total. The van der Waals surface area contributed by atoms with Crippen molar-refractivity contribution in [1.29, 1.82) is 0 Å². The quantitative estimate of drug-likeness (QED) is 0.720. The van der Waals surface area contributed by atoms with Gasteiger partial charge in [-0.2, -0.15) is 0 Å². The molecule has 0 aromatic heterocycles. The number of aryl methyl sites for hydroxylation is 1. The third-order valence-electron chi connectivity index (χ3n) is 2.95. The molecule has 1 aromatic rings. The van der Waals surface area contributed by atoms with Crippen molar-refractivity contribution in [2.24, 2.45) is 5.73 Å². The van der Waals surface area contributed by atoms with Crippen LogP contribution in [0.1, 0.15) is 42.1 Å². The van der Waals surface area contributed by atoms with Gasteiger partial charge in [-0.1, -0.05) is 37.6 Å². The Morgan fingerprint density at radius 2 is 2.00 bits per heavy atom. The SMILES string of the molecule is CCCc1ccc(C(=O)CC(N)CCOC)cc1. The molecule has 1 unspecified atom stereocenters. The summed E-state index contributed by atoms with van der Waals surface area (Å²) >= 11 is 0. The van der Waals surface area contributed by atoms with E-state index in [0.717, 1.165) is 24.8 Å². The molecule has 0 bridgehead atoms. The van der Waals surface area contributed by atoms with Gasteiger partial charge in [0.2, 0.25) is 0 Å². The third-order valence-corrected chi connectivity index (χ3v) is 2.95. The van der Waals surface area contributed by atoms with Crippen LogP contribution in [0.4, 0.5) is 0 Å². The largest absolute Gasteiger partial charge is 0.385 e. The molecule has 3 heteroatoms. The van der Waals surface area contributed by atoms with Gasteiger partial charge in [0.1, 0.15) is 0 Å². The number of ether oxygens (including phenoxy) is 1. The molecule has 1 rings (SSSR count). The first-order chi connectivity index (χ1) is 8.67. The predicted octanol–water partition coefficient (Wildman–Crippen LogP) is 2.58. The van der Waals surface area contributed by atoms with E-state index in [1.54, 1.807) is 7.11 Å². The zero-order valence-electron chi connectivity index (χ0n) is 11.3. The second kappa shape index (κ2) is 8.01. The van der Waals surface area contributed by atoms with E-state index in [1.165, 1.54) is 5.56 Å². The van der Waals surface area contributed by atoms with Crippen molar-refractivity contribution in [3.05, 3.63) is 35.4 Å². The van der Waals surface area contributed by atoms with Gasteiger partial charge in [0, 0.05) is 31.7 Å². The van der Waals surface area contributed by atoms with Crippen LogP contribution in [0.2, 0.25) is 0 Å². The van der Waals surface area contributed by atoms with Crippen molar-refractivity contribution in [2.75, 3.05) is 13.7 Å². The Balaban J connectivity index is 2.50. The minimum absolute atomic E-state index is 0.113. The van der Waals surface area contributed by atoms with Gasteiger partial charge in [0.15, 0.2) is 5.78 Å². The first-order valence-electron chi connectivity index (χ1n) is 6.54. The molecule has 0 aliphatic rings. The van der Waals surface area contributed by atoms with E-state index in [1.807, 2.05) is 24.3 Å². The van der Waals surface area contributed by atoms with E-state index in [9.17, 15) is 4.79 Å². The molecule has 0 heterocycles. The van der Waals surface area contributed by atoms with E-state index in [2.05, 4.69) is 6.92 Å². The number of nitrogens with two attached hydrogens (primary N) is 1. The van der Waals surface area contributed by atoms with E-state index in [-0.39, 0.29) is 11.8 Å². The first-order valence-corrected chi connectivity index (χ1v) is 6.54. The maximum atomic E-state index is 12.0. The normalized spacial score (nSPS) is 12.4. The predicted molar refractivity (Wildman–Crippen MR) is 73.9 cm³/mol. The van der Waals surface area contributed by atoms with Crippen molar-refractivity contribution in [2.45, 2.75) is 38.6 Å². The second-order valence-electron chi connectivity index (χ2n) is 4.62. The summed E-state index contributed by atoms with van der Waals surface area (Å²) in [5, 5.41) is 0. The van der Waals surface area contributed by atoms with Crippen molar-refractivity contribution < 1.29 is 9.53 Å². The summed E-state index contributed by atoms with van der Waals surface area (Å²) in [6.45, 7) is 2.75. The van der Waals surface area contributed by atoms with E-state index < -0.39 is 0 Å². The summed E-state index contributed by atoms with van der Waals surface area (Å²) in [7, 11) is 1.64. The summed E-state index contributed by atoms with van der Waals surface area (Å²) in [6, 6.07) is 7.73. The summed E-state index contributed by atoms with van der Waals surface area (Å²) in [4.78, 5) is 12.0. The van der Waals surface area contributed by atoms with Crippen LogP contribution < -0.4 is 5.73 Å². The van der Waals surface area contributed by atoms with Crippen LogP contribution in [0.15, 0.2) is 24.3 Å². The van der Waals surface area contributed by atoms with Crippen LogP contribution in [-0.2, 0) is 11.2 Å². The molecule has 18 heavy (non-hydrogen) atoms. The van der Waals surface area contributed by atoms with Gasteiger partial charge in [-0.3, -0.25) is 4.79 Å². The summed E-state index contributed by atoms with van der Waals surface area (Å²) in [5.74, 6) is 0.113. The molecule has 0 aliphatic carbocycles. The van der Waals surface area contributed by atoms with Crippen LogP contribution in [-0.4, -0.2) is 25.5 Å². The van der Waals surface area contributed by atoms with E-state index in [4.69, 9.17) is 10.5 Å². The number of carbonyl (C=O) groups is 1. The highest BCUT2D eigenvalue weighted by Gasteiger charge is 2.11. The highest BCUT2D eigenvalue weighted by atomic mass is 16.5. The molecule has 0 fully saturated rings. The second-order valence-corrected chi connectivity index (χ2v) is 4.62. The molecule has 100 valence electrons. The fourth-order valence-electron chi connectivity index (χ4n) is 1.87. The van der Waals surface area contributed by atoms with Crippen LogP contribution in [0.5, 0.6) is 0 Å². The lowest BCUT2D eigenvalue weighted by atomic mass is 10.0. The molecule has 1 aromatic carbocycles. The molecule has 2 N–H and O–H groups in total. The van der Waals surface area contributed by atoms with Crippen LogP contribution in [0.25, 0.3) is 0 Å². The Kier molecular flexibility index (Phi) is 6.61. The summed E-state index contributed by atoms with van der Waals surface area (Å²) in [5.41, 5.74) is 7.90. The highest BCUT2D eigenvalue weighted by Crippen LogP contribution is 2.10. The van der Waals surface area contributed by atoms with Gasteiger partial charge in [-0.15, -0.1) is 0 Å². The fraction of sp³-hybridized carbons (Fsp3) is 0.533. The monoisotopic (exact) mass is 249 g/mol. The van der Waals surface area contributed by atoms with Crippen molar-refractivity contribution in [3.8, 4) is 0 Å². The van der Waals surface area contributed by atoms with Crippen molar-refractivity contribution in [3.63, 3.8) is 0 Å². The maximum absolute atomic E-state index is 12.0. The Morgan fingerprint density at radius 3 is 2.56 bits per heavy atom. The molecule has 0 aliphatic heterocycles. The lowest BCUT2D eigenvalue weighted by molar-refractivity contribution is 0.0967. The van der Waals surface area contributed by atoms with Gasteiger partial charge in [0.25, 0.3) is 0 Å². The minimum Gasteiger partial charge on any atom is -0.385 e. The lowest BCUT2D eigenvalue weighted by Gasteiger charge is -2.10. The fourth-order valence-corrected chi connectivity index (χ4v) is 1.87. The standard InChI is InChI=1S/C15H23NO2/c1-3-4-12-5-7-13(8-6-12)15(17)11-14(16)9-10-18-2/h5-8,14H,3-4,9-11,16H2,1-2H3. The van der Waals surface area contributed by atoms with Gasteiger partial charge < -0.3 is 10.5 Å². The molecular formula is C15H23NO2. The van der Waals surface area contributed by atoms with E-state index >= 15 is 0 Å². The van der Waals surface area contributed by atoms with Gasteiger partial charge in [-0.25, -0.2) is 0 Å². The van der Waals surface area contributed by atoms with Gasteiger partial charge >= 0.3 is 0 Å². The minimum atomic E-state index is -0.118. The average Bonchev–Trinajstić information content (AvgIpc) is 2.37. The Labute approximate surface area is 109 Å². The molecule has 0 spiro atoms. The maximum Gasteiger partial charge on any atom is 0.164 e. The summed E-state index contributed by atoms with van der Waals surface area (Å²) in [6.07, 6.45) is 3.28. The Bertz CT molecular complexity index is 359. The molecular weight excluding hydrogens is 226 g/mol. The number of hydrogen-bond acceptors (Lipinski definition) is 3. The number of Topliss-reactive ketones (excluding diaryl/α,β-unsaturated/α-hetero) is 1. The van der Waals surface area contributed by atoms with Gasteiger partial charge in [-0.05, 0) is 18.4 Å². The Hall–Kier alpha value is -1.19. The number of ketones is 1. The smallest absolute Gasteiger partial charge is 0.164 e. The van der Waals surface area contributed by atoms with Crippen molar-refractivity contribution in [1.82, 2.24) is 0 Å². The number of benzene rings is 1. The highest BCUT2D eigenvalue weighted by molar-refractivity contribution is 5.96. The average molecular weight is 249 g/mol. The first kappa shape index (κ1) is 14.9. The molecule has 0 amide bonds. The third kappa shape index (κ3) is 4.98. The number of rotatable bonds is 8. The van der Waals surface area contributed by atoms with Crippen molar-refractivity contribution >= 4 is 5.78 Å². The number of carbonyl (C=O) groups excluding carboxylic acids is 1. The van der Waals surface area contributed by atoms with Crippen LogP contribution >= 0.6 is 0 Å². The number of methoxy groups -OCH3 is 1. The zero-order chi connectivity index (χ0) is 13.4. The topological polar surface area (TPSA) is 52.3 Å². The van der Waals surface area contributed by atoms with E-state index in [0.29, 0.717) is 13.0 Å². The van der Waals surface area contributed by atoms with Crippen LogP contribution in [0, 0.1) is 0 Å². The molecule has 1 atom stereocenters.